The normalized spacial score (nSPS) is 22.5. The van der Waals surface area contributed by atoms with Crippen LogP contribution in [0.4, 0.5) is 0 Å². The van der Waals surface area contributed by atoms with E-state index in [4.69, 9.17) is 23.2 Å². The fraction of sp³-hybridized carbons (Fsp3) is 0.176. The Kier molecular flexibility index (Phi) is 4.49. The number of benzene rings is 2. The molecule has 0 aliphatic heterocycles. The predicted molar refractivity (Wildman–Crippen MR) is 95.0 cm³/mol. The molecule has 1 aliphatic rings. The van der Waals surface area contributed by atoms with Crippen LogP contribution in [-0.2, 0) is 0 Å². The molecule has 1 fully saturated rings. The van der Waals surface area contributed by atoms with Crippen LogP contribution in [-0.4, -0.2) is 15.4 Å². The minimum Gasteiger partial charge on any atom is -0.263 e. The highest BCUT2D eigenvalue weighted by atomic mass is 35.5. The topological polar surface area (TPSA) is 86.3 Å². The van der Waals surface area contributed by atoms with Crippen LogP contribution >= 0.6 is 23.2 Å². The number of nitro groups is 2. The molecule has 0 amide bonds. The first-order chi connectivity index (χ1) is 11.8. The molecule has 3 rings (SSSR count). The molecule has 0 N–H and O–H groups in total. The van der Waals surface area contributed by atoms with E-state index in [1.807, 2.05) is 0 Å². The first-order valence-corrected chi connectivity index (χ1v) is 8.12. The third kappa shape index (κ3) is 3.23. The smallest absolute Gasteiger partial charge is 0.263 e. The average molecular weight is 379 g/mol. The van der Waals surface area contributed by atoms with Crippen LogP contribution in [0.25, 0.3) is 6.08 Å². The Morgan fingerprint density at radius 2 is 1.72 bits per heavy atom. The first kappa shape index (κ1) is 17.4. The summed E-state index contributed by atoms with van der Waals surface area (Å²) in [5, 5.41) is 24.2. The van der Waals surface area contributed by atoms with Crippen LogP contribution in [0.3, 0.4) is 0 Å². The number of hydrogen-bond acceptors (Lipinski definition) is 4. The molecule has 8 heteroatoms. The molecule has 6 nitrogen and oxygen atoms in total. The van der Waals surface area contributed by atoms with Gasteiger partial charge in [-0.25, -0.2) is 0 Å². The minimum absolute atomic E-state index is 0.0493. The zero-order valence-corrected chi connectivity index (χ0v) is 14.3. The monoisotopic (exact) mass is 378 g/mol. The standard InChI is InChI=1S/C17H12Cl2N2O4/c18-13-5-1-3-11(7-13)8-16(20(22)23)17(21(24)25)10-15(17)12-4-2-6-14(19)9-12/h1-9,15H,10H2/b16-8+. The SMILES string of the molecule is O=[N+]([O-])/C(=C/c1cccc(Cl)c1)C1([N+](=O)[O-])CC1c1cccc(Cl)c1. The summed E-state index contributed by atoms with van der Waals surface area (Å²) < 4.78 is 0. The molecule has 2 atom stereocenters. The van der Waals surface area contributed by atoms with Crippen LogP contribution in [0.2, 0.25) is 10.0 Å². The molecule has 1 aliphatic carbocycles. The summed E-state index contributed by atoms with van der Waals surface area (Å²) in [6.07, 6.45) is 1.27. The molecule has 0 saturated heterocycles. The van der Waals surface area contributed by atoms with Crippen molar-refractivity contribution in [3.05, 3.63) is 95.6 Å². The quantitative estimate of drug-likeness (QED) is 0.551. The first-order valence-electron chi connectivity index (χ1n) is 7.36. The van der Waals surface area contributed by atoms with E-state index < -0.39 is 27.0 Å². The van der Waals surface area contributed by atoms with Crippen molar-refractivity contribution >= 4 is 29.3 Å². The molecular weight excluding hydrogens is 367 g/mol. The van der Waals surface area contributed by atoms with Crippen LogP contribution in [0.1, 0.15) is 23.5 Å². The maximum Gasteiger partial charge on any atom is 0.323 e. The van der Waals surface area contributed by atoms with Gasteiger partial charge in [0.15, 0.2) is 0 Å². The molecule has 0 spiro atoms. The zero-order chi connectivity index (χ0) is 18.2. The fourth-order valence-electron chi connectivity index (χ4n) is 3.04. The van der Waals surface area contributed by atoms with Gasteiger partial charge >= 0.3 is 11.2 Å². The molecule has 0 radical (unpaired) electrons. The van der Waals surface area contributed by atoms with Gasteiger partial charge in [-0.2, -0.15) is 0 Å². The highest BCUT2D eigenvalue weighted by molar-refractivity contribution is 6.31. The fourth-order valence-corrected chi connectivity index (χ4v) is 3.44. The van der Waals surface area contributed by atoms with Crippen molar-refractivity contribution in [2.75, 3.05) is 0 Å². The molecule has 0 bridgehead atoms. The predicted octanol–water partition coefficient (Wildman–Crippen LogP) is 4.81. The average Bonchev–Trinajstić information content (AvgIpc) is 3.29. The summed E-state index contributed by atoms with van der Waals surface area (Å²) >= 11 is 11.8. The number of halogens is 2. The summed E-state index contributed by atoms with van der Waals surface area (Å²) in [6, 6.07) is 13.0. The van der Waals surface area contributed by atoms with Crippen LogP contribution in [0.15, 0.2) is 54.2 Å². The Labute approximate surface area is 153 Å². The van der Waals surface area contributed by atoms with E-state index in [9.17, 15) is 20.2 Å². The Bertz CT molecular complexity index is 900. The highest BCUT2D eigenvalue weighted by Crippen LogP contribution is 2.58. The van der Waals surface area contributed by atoms with E-state index in [0.717, 1.165) is 0 Å². The summed E-state index contributed by atoms with van der Waals surface area (Å²) in [4.78, 5) is 22.1. The Morgan fingerprint density at radius 1 is 1.08 bits per heavy atom. The second-order valence-corrected chi connectivity index (χ2v) is 6.71. The lowest BCUT2D eigenvalue weighted by molar-refractivity contribution is -0.569. The lowest BCUT2D eigenvalue weighted by Gasteiger charge is -2.08. The second-order valence-electron chi connectivity index (χ2n) is 5.83. The maximum atomic E-state index is 11.8. The summed E-state index contributed by atoms with van der Waals surface area (Å²) in [6.45, 7) is 0. The third-order valence-corrected chi connectivity index (χ3v) is 4.77. The molecule has 1 saturated carbocycles. The van der Waals surface area contributed by atoms with Gasteiger partial charge in [0.05, 0.1) is 10.8 Å². The molecule has 2 unspecified atom stereocenters. The number of nitrogens with zero attached hydrogens (tertiary/aromatic N) is 2. The summed E-state index contributed by atoms with van der Waals surface area (Å²) in [5.74, 6) is -0.600. The van der Waals surface area contributed by atoms with Crippen molar-refractivity contribution in [3.63, 3.8) is 0 Å². The van der Waals surface area contributed by atoms with E-state index in [2.05, 4.69) is 0 Å². The zero-order valence-electron chi connectivity index (χ0n) is 12.8. The van der Waals surface area contributed by atoms with Crippen LogP contribution in [0.5, 0.6) is 0 Å². The van der Waals surface area contributed by atoms with Crippen molar-refractivity contribution in [2.45, 2.75) is 17.9 Å². The van der Waals surface area contributed by atoms with Crippen molar-refractivity contribution in [3.8, 4) is 0 Å². The molecule has 2 aromatic rings. The Hall–Kier alpha value is -2.44. The highest BCUT2D eigenvalue weighted by Gasteiger charge is 2.74. The van der Waals surface area contributed by atoms with Crippen LogP contribution in [0, 0.1) is 20.2 Å². The van der Waals surface area contributed by atoms with Crippen molar-refractivity contribution in [2.24, 2.45) is 0 Å². The number of rotatable bonds is 5. The maximum absolute atomic E-state index is 11.8. The van der Waals surface area contributed by atoms with Crippen molar-refractivity contribution in [1.29, 1.82) is 0 Å². The van der Waals surface area contributed by atoms with E-state index >= 15 is 0 Å². The van der Waals surface area contributed by atoms with Crippen molar-refractivity contribution < 1.29 is 9.85 Å². The lowest BCUT2D eigenvalue weighted by Crippen LogP contribution is -2.30. The minimum atomic E-state index is -1.77. The Balaban J connectivity index is 2.07. The van der Waals surface area contributed by atoms with E-state index in [1.165, 1.54) is 12.1 Å². The van der Waals surface area contributed by atoms with Crippen molar-refractivity contribution in [1.82, 2.24) is 0 Å². The van der Waals surface area contributed by atoms with Gasteiger partial charge in [0.25, 0.3) is 0 Å². The Morgan fingerprint density at radius 3 is 2.28 bits per heavy atom. The second kappa shape index (κ2) is 6.46. The molecule has 25 heavy (non-hydrogen) atoms. The molecule has 0 heterocycles. The lowest BCUT2D eigenvalue weighted by atomic mass is 10.0. The van der Waals surface area contributed by atoms with Gasteiger partial charge < -0.3 is 0 Å². The van der Waals surface area contributed by atoms with E-state index in [-0.39, 0.29) is 6.42 Å². The van der Waals surface area contributed by atoms with E-state index in [0.29, 0.717) is 21.2 Å². The summed E-state index contributed by atoms with van der Waals surface area (Å²) in [7, 11) is 0. The van der Waals surface area contributed by atoms with Gasteiger partial charge in [0.2, 0.25) is 0 Å². The largest absolute Gasteiger partial charge is 0.323 e. The van der Waals surface area contributed by atoms with Gasteiger partial charge in [0, 0.05) is 27.5 Å². The van der Waals surface area contributed by atoms with Crippen LogP contribution < -0.4 is 0 Å². The molecule has 2 aromatic carbocycles. The van der Waals surface area contributed by atoms with Gasteiger partial charge in [0.1, 0.15) is 0 Å². The summed E-state index contributed by atoms with van der Waals surface area (Å²) in [5.41, 5.74) is -1.17. The molecular formula is C17H12Cl2N2O4. The van der Waals surface area contributed by atoms with Gasteiger partial charge in [-0.1, -0.05) is 47.5 Å². The van der Waals surface area contributed by atoms with Gasteiger partial charge in [-0.3, -0.25) is 20.2 Å². The number of hydrogen-bond donors (Lipinski definition) is 0. The molecule has 0 aromatic heterocycles. The molecule has 128 valence electrons. The third-order valence-electron chi connectivity index (χ3n) is 4.30. The van der Waals surface area contributed by atoms with Gasteiger partial charge in [-0.15, -0.1) is 0 Å². The van der Waals surface area contributed by atoms with E-state index in [1.54, 1.807) is 42.5 Å². The van der Waals surface area contributed by atoms with Gasteiger partial charge in [-0.05, 0) is 35.4 Å².